The Labute approximate surface area is 456 Å². The average Bonchev–Trinajstić information content (AvgIpc) is 4.11. The third-order valence-electron chi connectivity index (χ3n) is 16.7. The molecule has 0 bridgehead atoms. The molecule has 0 fully saturated rings. The summed E-state index contributed by atoms with van der Waals surface area (Å²) in [6.45, 7) is 13.5. The van der Waals surface area contributed by atoms with Crippen molar-refractivity contribution in [2.24, 2.45) is 0 Å². The fourth-order valence-electron chi connectivity index (χ4n) is 13.9. The molecule has 13 aromatic rings. The number of para-hydroxylation sites is 6. The summed E-state index contributed by atoms with van der Waals surface area (Å²) in [6.07, 6.45) is 0. The van der Waals surface area contributed by atoms with Gasteiger partial charge < -0.3 is 23.8 Å². The largest absolute Gasteiger partial charge is 0.311 e. The van der Waals surface area contributed by atoms with E-state index in [1.807, 2.05) is 0 Å². The lowest BCUT2D eigenvalue weighted by Gasteiger charge is -2.45. The first-order valence-corrected chi connectivity index (χ1v) is 27.3. The molecule has 4 heterocycles. The Balaban J connectivity index is 1.10. The van der Waals surface area contributed by atoms with E-state index in [0.29, 0.717) is 0 Å². The van der Waals surface area contributed by atoms with Crippen LogP contribution in [0.25, 0.3) is 55.0 Å². The Hall–Kier alpha value is -9.52. The van der Waals surface area contributed by atoms with Gasteiger partial charge in [-0.2, -0.15) is 0 Å². The van der Waals surface area contributed by atoms with Gasteiger partial charge in [-0.15, -0.1) is 0 Å². The van der Waals surface area contributed by atoms with Gasteiger partial charge >= 0.3 is 0 Å². The molecule has 0 aliphatic carbocycles. The monoisotopic (exact) mass is 1000 g/mol. The minimum Gasteiger partial charge on any atom is -0.311 e. The second-order valence-electron chi connectivity index (χ2n) is 21.7. The highest BCUT2D eigenvalue weighted by Gasteiger charge is 2.45. The van der Waals surface area contributed by atoms with Gasteiger partial charge in [0.25, 0.3) is 6.71 Å². The fourth-order valence-corrected chi connectivity index (χ4v) is 13.9. The number of aryl methyl sites for hydroxylation is 6. The number of fused-ring (bicyclic) bond motifs is 10. The van der Waals surface area contributed by atoms with Crippen LogP contribution in [-0.2, 0) is 0 Å². The van der Waals surface area contributed by atoms with Gasteiger partial charge in [-0.3, -0.25) is 0 Å². The molecule has 5 nitrogen and oxygen atoms in total. The SMILES string of the molecule is Cc1cc(C)c(N(c2cc3c4c(c2)N(c2c(C)cc(C)cc2C)c2cc5c(cc2B4c2ccccc2N3c2ccccc2)c2ccccc2n5-c2ccccc2)c2ccc3c4ccccc4n(-c4ccccc4)c3c2)c(C)c1. The maximum Gasteiger partial charge on any atom is 0.252 e. The first-order chi connectivity index (χ1) is 38.2. The van der Waals surface area contributed by atoms with Gasteiger partial charge in [0, 0.05) is 67.0 Å². The molecule has 0 saturated heterocycles. The molecule has 2 aliphatic heterocycles. The molecule has 372 valence electrons. The number of benzene rings is 11. The molecular weight excluding hydrogens is 946 g/mol. The Kier molecular flexibility index (Phi) is 10.3. The molecule has 0 amide bonds. The van der Waals surface area contributed by atoms with Crippen molar-refractivity contribution < 1.29 is 0 Å². The van der Waals surface area contributed by atoms with Crippen molar-refractivity contribution in [1.82, 2.24) is 9.13 Å². The normalized spacial score (nSPS) is 12.7. The minimum absolute atomic E-state index is 0.0880. The summed E-state index contributed by atoms with van der Waals surface area (Å²) >= 11 is 0. The molecule has 0 unspecified atom stereocenters. The number of anilines is 9. The van der Waals surface area contributed by atoms with Crippen molar-refractivity contribution >= 4 is 118 Å². The summed E-state index contributed by atoms with van der Waals surface area (Å²) < 4.78 is 4.91. The van der Waals surface area contributed by atoms with E-state index in [-0.39, 0.29) is 6.71 Å². The summed E-state index contributed by atoms with van der Waals surface area (Å²) in [7, 11) is 0. The van der Waals surface area contributed by atoms with Crippen molar-refractivity contribution in [3.05, 3.63) is 264 Å². The quantitative estimate of drug-likeness (QED) is 0.148. The lowest BCUT2D eigenvalue weighted by atomic mass is 9.33. The van der Waals surface area contributed by atoms with Gasteiger partial charge in [-0.25, -0.2) is 0 Å². The summed E-state index contributed by atoms with van der Waals surface area (Å²) in [6, 6.07) is 86.3. The van der Waals surface area contributed by atoms with Crippen molar-refractivity contribution in [3.63, 3.8) is 0 Å². The minimum atomic E-state index is -0.0880. The Morgan fingerprint density at radius 3 is 1.42 bits per heavy atom. The van der Waals surface area contributed by atoms with Crippen LogP contribution in [0.1, 0.15) is 33.4 Å². The maximum absolute atomic E-state index is 2.64. The summed E-state index contributed by atoms with van der Waals surface area (Å²) in [5, 5.41) is 4.94. The highest BCUT2D eigenvalue weighted by Crippen LogP contribution is 2.51. The van der Waals surface area contributed by atoms with Crippen LogP contribution in [0.2, 0.25) is 0 Å². The number of rotatable bonds is 7. The smallest absolute Gasteiger partial charge is 0.252 e. The molecule has 2 aliphatic rings. The van der Waals surface area contributed by atoms with E-state index >= 15 is 0 Å². The van der Waals surface area contributed by atoms with Crippen LogP contribution in [0.15, 0.2) is 231 Å². The molecule has 0 radical (unpaired) electrons. The van der Waals surface area contributed by atoms with Crippen LogP contribution in [0.5, 0.6) is 0 Å². The fraction of sp³-hybridized carbons (Fsp3) is 0.0833. The maximum atomic E-state index is 2.64. The Morgan fingerprint density at radius 1 is 0.321 bits per heavy atom. The molecule has 2 aromatic heterocycles. The average molecular weight is 1000 g/mol. The zero-order valence-electron chi connectivity index (χ0n) is 44.8. The number of hydrogen-bond acceptors (Lipinski definition) is 3. The van der Waals surface area contributed by atoms with E-state index in [2.05, 4.69) is 296 Å². The molecule has 78 heavy (non-hydrogen) atoms. The molecule has 15 rings (SSSR count). The summed E-state index contributed by atoms with van der Waals surface area (Å²) in [5.41, 5.74) is 28.6. The number of hydrogen-bond donors (Lipinski definition) is 0. The second-order valence-corrected chi connectivity index (χ2v) is 21.7. The topological polar surface area (TPSA) is 19.6 Å². The number of aromatic nitrogens is 2. The van der Waals surface area contributed by atoms with Gasteiger partial charge in [0.15, 0.2) is 0 Å². The van der Waals surface area contributed by atoms with Gasteiger partial charge in [-0.1, -0.05) is 157 Å². The van der Waals surface area contributed by atoms with E-state index in [1.54, 1.807) is 0 Å². The van der Waals surface area contributed by atoms with Crippen molar-refractivity contribution in [1.29, 1.82) is 0 Å². The van der Waals surface area contributed by atoms with Gasteiger partial charge in [0.2, 0.25) is 0 Å². The first-order valence-electron chi connectivity index (χ1n) is 27.3. The number of nitrogens with zero attached hydrogens (tertiary/aromatic N) is 5. The van der Waals surface area contributed by atoms with Crippen LogP contribution in [0.3, 0.4) is 0 Å². The molecule has 0 atom stereocenters. The van der Waals surface area contributed by atoms with E-state index in [9.17, 15) is 0 Å². The molecule has 0 spiro atoms. The van der Waals surface area contributed by atoms with Crippen LogP contribution in [0.4, 0.5) is 51.2 Å². The van der Waals surface area contributed by atoms with Crippen LogP contribution >= 0.6 is 0 Å². The van der Waals surface area contributed by atoms with Crippen LogP contribution < -0.4 is 31.1 Å². The van der Waals surface area contributed by atoms with Gasteiger partial charge in [0.05, 0.1) is 39.1 Å². The standard InChI is InChI=1S/C72H56BN5/c1-45-36-47(3)71(48(4)37-45)74(54-34-35-58-56-28-16-19-31-62(56)75(65(58)40-54)51-22-10-7-11-23-51)55-41-68-70-69(42-55)78(72-49(5)38-46(2)39-50(72)6)67-44-66-59(57-29-17-20-32-63(57)76(66)52-24-12-8-13-25-52)43-61(67)73(70)60-30-18-21-33-64(60)77(68)53-26-14-9-15-27-53/h7-44H,1-6H3. The Bertz CT molecular complexity index is 4550. The molecule has 11 aromatic carbocycles. The molecule has 0 saturated carbocycles. The highest BCUT2D eigenvalue weighted by atomic mass is 15.2. The van der Waals surface area contributed by atoms with Crippen LogP contribution in [-0.4, -0.2) is 15.8 Å². The van der Waals surface area contributed by atoms with E-state index in [1.165, 1.54) is 116 Å². The third-order valence-corrected chi connectivity index (χ3v) is 16.7. The van der Waals surface area contributed by atoms with Crippen molar-refractivity contribution in [3.8, 4) is 11.4 Å². The lowest BCUT2D eigenvalue weighted by molar-refractivity contribution is 1.16. The highest BCUT2D eigenvalue weighted by molar-refractivity contribution is 7.00. The van der Waals surface area contributed by atoms with Gasteiger partial charge in [0.1, 0.15) is 0 Å². The third kappa shape index (κ3) is 6.82. The van der Waals surface area contributed by atoms with E-state index in [4.69, 9.17) is 0 Å². The predicted octanol–water partition coefficient (Wildman–Crippen LogP) is 17.3. The van der Waals surface area contributed by atoms with Crippen LogP contribution in [0, 0.1) is 41.5 Å². The zero-order valence-corrected chi connectivity index (χ0v) is 44.8. The van der Waals surface area contributed by atoms with E-state index in [0.717, 1.165) is 39.6 Å². The zero-order chi connectivity index (χ0) is 52.5. The lowest BCUT2D eigenvalue weighted by Crippen LogP contribution is -2.61. The summed E-state index contributed by atoms with van der Waals surface area (Å²) in [4.78, 5) is 7.74. The van der Waals surface area contributed by atoms with Crippen molar-refractivity contribution in [2.45, 2.75) is 41.5 Å². The second kappa shape index (κ2) is 17.5. The molecule has 0 N–H and O–H groups in total. The summed E-state index contributed by atoms with van der Waals surface area (Å²) in [5.74, 6) is 0. The Morgan fingerprint density at radius 2 is 0.808 bits per heavy atom. The predicted molar refractivity (Wildman–Crippen MR) is 332 cm³/mol. The first kappa shape index (κ1) is 45.8. The molecular formula is C72H56BN5. The van der Waals surface area contributed by atoms with E-state index < -0.39 is 0 Å². The molecule has 6 heteroatoms. The van der Waals surface area contributed by atoms with Gasteiger partial charge in [-0.05, 0) is 165 Å². The van der Waals surface area contributed by atoms with Crippen molar-refractivity contribution in [2.75, 3.05) is 14.7 Å².